The third-order valence-electron chi connectivity index (χ3n) is 4.40. The highest BCUT2D eigenvalue weighted by Gasteiger charge is 2.27. The number of hydrogen-bond acceptors (Lipinski definition) is 4. The zero-order chi connectivity index (χ0) is 18.4. The van der Waals surface area contributed by atoms with Crippen LogP contribution in [-0.4, -0.2) is 43.0 Å². The number of halogens is 2. The number of rotatable bonds is 6. The molecule has 1 atom stereocenters. The van der Waals surface area contributed by atoms with Gasteiger partial charge in [-0.05, 0) is 57.5 Å². The largest absolute Gasteiger partial charge is 0.466 e. The smallest absolute Gasteiger partial charge is 0.309 e. The molecular weight excluding hydrogens is 363 g/mol. The van der Waals surface area contributed by atoms with Gasteiger partial charge in [0.25, 0.3) is 0 Å². The lowest BCUT2D eigenvalue weighted by Crippen LogP contribution is -2.43. The summed E-state index contributed by atoms with van der Waals surface area (Å²) >= 11 is 11.9. The molecular formula is C18H24Cl2N2O3. The van der Waals surface area contributed by atoms with Gasteiger partial charge in [0.1, 0.15) is 0 Å². The number of likely N-dealkylation sites (tertiary alicyclic amines) is 1. The highest BCUT2D eigenvalue weighted by atomic mass is 35.5. The fourth-order valence-electron chi connectivity index (χ4n) is 2.94. The van der Waals surface area contributed by atoms with Crippen LogP contribution in [0.15, 0.2) is 18.2 Å². The minimum atomic E-state index is -0.153. The summed E-state index contributed by atoms with van der Waals surface area (Å²) in [6.45, 7) is 5.89. The van der Waals surface area contributed by atoms with Crippen molar-refractivity contribution >= 4 is 35.1 Å². The number of amides is 1. The molecule has 1 aromatic rings. The Morgan fingerprint density at radius 2 is 1.96 bits per heavy atom. The van der Waals surface area contributed by atoms with Crippen molar-refractivity contribution in [1.82, 2.24) is 10.2 Å². The number of carbonyl (C=O) groups excluding carboxylic acids is 2. The summed E-state index contributed by atoms with van der Waals surface area (Å²) in [6, 6.07) is 5.19. The molecule has 25 heavy (non-hydrogen) atoms. The number of nitrogens with zero attached hydrogens (tertiary/aromatic N) is 1. The molecule has 1 aromatic carbocycles. The van der Waals surface area contributed by atoms with E-state index in [1.807, 2.05) is 19.9 Å². The monoisotopic (exact) mass is 386 g/mol. The van der Waals surface area contributed by atoms with Crippen molar-refractivity contribution in [3.05, 3.63) is 33.8 Å². The average Bonchev–Trinajstić information content (AvgIpc) is 2.58. The molecule has 1 amide bonds. The molecule has 0 unspecified atom stereocenters. The van der Waals surface area contributed by atoms with E-state index in [2.05, 4.69) is 10.2 Å². The highest BCUT2D eigenvalue weighted by Crippen LogP contribution is 2.25. The quantitative estimate of drug-likeness (QED) is 0.760. The molecule has 7 heteroatoms. The third-order valence-corrected chi connectivity index (χ3v) is 5.13. The van der Waals surface area contributed by atoms with E-state index in [-0.39, 0.29) is 23.8 Å². The van der Waals surface area contributed by atoms with Crippen molar-refractivity contribution in [1.29, 1.82) is 0 Å². The molecule has 0 aromatic heterocycles. The molecule has 0 bridgehead atoms. The van der Waals surface area contributed by atoms with Gasteiger partial charge in [-0.15, -0.1) is 0 Å². The van der Waals surface area contributed by atoms with Gasteiger partial charge in [0, 0.05) is 0 Å². The van der Waals surface area contributed by atoms with Crippen LogP contribution in [0.5, 0.6) is 0 Å². The Morgan fingerprint density at radius 3 is 2.56 bits per heavy atom. The van der Waals surface area contributed by atoms with E-state index in [0.29, 0.717) is 23.2 Å². The van der Waals surface area contributed by atoms with Crippen molar-refractivity contribution in [3.63, 3.8) is 0 Å². The lowest BCUT2D eigenvalue weighted by atomic mass is 9.97. The first kappa shape index (κ1) is 20.0. The maximum absolute atomic E-state index is 12.3. The second-order valence-corrected chi connectivity index (χ2v) is 7.08. The maximum atomic E-state index is 12.3. The predicted octanol–water partition coefficient (Wildman–Crippen LogP) is 3.45. The van der Waals surface area contributed by atoms with E-state index in [1.54, 1.807) is 12.1 Å². The summed E-state index contributed by atoms with van der Waals surface area (Å²) in [6.07, 6.45) is 1.46. The molecule has 0 aliphatic carbocycles. The lowest BCUT2D eigenvalue weighted by Gasteiger charge is -2.30. The highest BCUT2D eigenvalue weighted by molar-refractivity contribution is 6.42. The molecule has 0 radical (unpaired) electrons. The van der Waals surface area contributed by atoms with E-state index in [4.69, 9.17) is 27.9 Å². The van der Waals surface area contributed by atoms with E-state index >= 15 is 0 Å². The lowest BCUT2D eigenvalue weighted by molar-refractivity contribution is -0.149. The fourth-order valence-corrected chi connectivity index (χ4v) is 3.25. The van der Waals surface area contributed by atoms with Crippen LogP contribution in [0.4, 0.5) is 0 Å². The van der Waals surface area contributed by atoms with Gasteiger partial charge in [-0.25, -0.2) is 0 Å². The summed E-state index contributed by atoms with van der Waals surface area (Å²) in [7, 11) is 0. The van der Waals surface area contributed by atoms with E-state index in [0.717, 1.165) is 31.5 Å². The number of hydrogen-bond donors (Lipinski definition) is 1. The van der Waals surface area contributed by atoms with Crippen LogP contribution in [-0.2, 0) is 14.3 Å². The summed E-state index contributed by atoms with van der Waals surface area (Å²) in [4.78, 5) is 26.1. The second-order valence-electron chi connectivity index (χ2n) is 6.27. The van der Waals surface area contributed by atoms with E-state index in [1.165, 1.54) is 0 Å². The molecule has 5 nitrogen and oxygen atoms in total. The van der Waals surface area contributed by atoms with E-state index < -0.39 is 0 Å². The molecule has 1 saturated heterocycles. The van der Waals surface area contributed by atoms with Crippen molar-refractivity contribution in [2.24, 2.45) is 5.92 Å². The summed E-state index contributed by atoms with van der Waals surface area (Å²) in [5.41, 5.74) is 0.906. The minimum absolute atomic E-state index is 0.0469. The summed E-state index contributed by atoms with van der Waals surface area (Å²) < 4.78 is 5.06. The number of nitrogens with one attached hydrogen (secondary N) is 1. The fraction of sp³-hybridized carbons (Fsp3) is 0.556. The topological polar surface area (TPSA) is 58.6 Å². The van der Waals surface area contributed by atoms with Crippen molar-refractivity contribution in [3.8, 4) is 0 Å². The zero-order valence-electron chi connectivity index (χ0n) is 14.6. The molecule has 1 heterocycles. The minimum Gasteiger partial charge on any atom is -0.466 e. The Morgan fingerprint density at radius 1 is 1.28 bits per heavy atom. The van der Waals surface area contributed by atoms with Crippen LogP contribution in [0, 0.1) is 5.92 Å². The molecule has 0 saturated carbocycles. The van der Waals surface area contributed by atoms with Gasteiger partial charge in [0.15, 0.2) is 0 Å². The Hall–Kier alpha value is -1.30. The second kappa shape index (κ2) is 9.41. The number of esters is 1. The van der Waals surface area contributed by atoms with Gasteiger partial charge < -0.3 is 10.1 Å². The number of carbonyl (C=O) groups is 2. The van der Waals surface area contributed by atoms with Gasteiger partial charge in [0.2, 0.25) is 5.91 Å². The predicted molar refractivity (Wildman–Crippen MR) is 98.8 cm³/mol. The molecule has 138 valence electrons. The van der Waals surface area contributed by atoms with Gasteiger partial charge in [-0.2, -0.15) is 0 Å². The van der Waals surface area contributed by atoms with E-state index in [9.17, 15) is 9.59 Å². The molecule has 0 spiro atoms. The third kappa shape index (κ3) is 5.87. The first-order chi connectivity index (χ1) is 11.9. The van der Waals surface area contributed by atoms with Crippen LogP contribution < -0.4 is 5.32 Å². The average molecular weight is 387 g/mol. The van der Waals surface area contributed by atoms with Gasteiger partial charge in [-0.1, -0.05) is 29.3 Å². The normalized spacial score (nSPS) is 17.1. The Kier molecular flexibility index (Phi) is 7.54. The summed E-state index contributed by atoms with van der Waals surface area (Å²) in [5.74, 6) is -0.220. The number of ether oxygens (including phenoxy) is 1. The first-order valence-electron chi connectivity index (χ1n) is 8.54. The molecule has 1 fully saturated rings. The van der Waals surface area contributed by atoms with Crippen molar-refractivity contribution in [2.45, 2.75) is 32.7 Å². The van der Waals surface area contributed by atoms with Crippen LogP contribution in [0.1, 0.15) is 38.3 Å². The summed E-state index contributed by atoms with van der Waals surface area (Å²) in [5, 5.41) is 3.94. The van der Waals surface area contributed by atoms with Crippen LogP contribution >= 0.6 is 23.2 Å². The number of benzene rings is 1. The van der Waals surface area contributed by atoms with Gasteiger partial charge in [-0.3, -0.25) is 14.5 Å². The molecule has 1 N–H and O–H groups in total. The molecule has 1 aliphatic heterocycles. The van der Waals surface area contributed by atoms with Crippen molar-refractivity contribution in [2.75, 3.05) is 26.2 Å². The maximum Gasteiger partial charge on any atom is 0.309 e. The number of piperidine rings is 1. The van der Waals surface area contributed by atoms with Crippen LogP contribution in [0.25, 0.3) is 0 Å². The van der Waals surface area contributed by atoms with Crippen molar-refractivity contribution < 1.29 is 14.3 Å². The Bertz CT molecular complexity index is 616. The van der Waals surface area contributed by atoms with Crippen LogP contribution in [0.3, 0.4) is 0 Å². The standard InChI is InChI=1S/C18H24Cl2N2O3/c1-3-25-18(24)13-6-8-22(9-7-13)11-17(23)21-12(2)14-4-5-15(19)16(20)10-14/h4-5,10,12-13H,3,6-9,11H2,1-2H3,(H,21,23)/t12-/m0/s1. The zero-order valence-corrected chi connectivity index (χ0v) is 16.1. The Balaban J connectivity index is 1.79. The SMILES string of the molecule is CCOC(=O)C1CCN(CC(=O)N[C@@H](C)c2ccc(Cl)c(Cl)c2)CC1. The van der Waals surface area contributed by atoms with Crippen LogP contribution in [0.2, 0.25) is 10.0 Å². The molecule has 2 rings (SSSR count). The van der Waals surface area contributed by atoms with Gasteiger partial charge >= 0.3 is 5.97 Å². The Labute approximate surface area is 158 Å². The first-order valence-corrected chi connectivity index (χ1v) is 9.29. The van der Waals surface area contributed by atoms with Gasteiger partial charge in [0.05, 0.1) is 35.2 Å². The molecule has 1 aliphatic rings.